The Kier molecular flexibility index (Phi) is 9.53. The van der Waals surface area contributed by atoms with E-state index in [0.717, 1.165) is 0 Å². The lowest BCUT2D eigenvalue weighted by Gasteiger charge is -2.44. The molecule has 0 amide bonds. The maximum absolute atomic E-state index is 13.6. The second-order valence-corrected chi connectivity index (χ2v) is 7.53. The molecule has 0 saturated heterocycles. The van der Waals surface area contributed by atoms with Gasteiger partial charge < -0.3 is 0 Å². The highest BCUT2D eigenvalue weighted by molar-refractivity contribution is 5.18. The average molecular weight is 604 g/mol. The Hall–Kier alpha value is -1.47. The number of hydrogen-bond acceptors (Lipinski definition) is 0. The molecule has 0 N–H and O–H groups in total. The van der Waals surface area contributed by atoms with Crippen molar-refractivity contribution in [3.63, 3.8) is 0 Å². The Morgan fingerprint density at radius 2 is 0.676 bits per heavy atom. The van der Waals surface area contributed by atoms with Gasteiger partial charge in [0.05, 0.1) is 0 Å². The first-order valence-electron chi connectivity index (χ1n) is 9.25. The number of unbranched alkanes of at least 4 members (excludes halogenated alkanes) is 2. The monoisotopic (exact) mass is 604 g/mol. The fourth-order valence-electron chi connectivity index (χ4n) is 2.49. The fourth-order valence-corrected chi connectivity index (χ4v) is 2.49. The summed E-state index contributed by atoms with van der Waals surface area (Å²) in [5, 5.41) is 0. The summed E-state index contributed by atoms with van der Waals surface area (Å²) in [4.78, 5) is 0. The van der Waals surface area contributed by atoms with E-state index in [1.807, 2.05) is 0 Å². The lowest BCUT2D eigenvalue weighted by molar-refractivity contribution is -0.466. The lowest BCUT2D eigenvalue weighted by Crippen LogP contribution is -2.76. The minimum absolute atomic E-state index is 0.0215. The SMILES string of the molecule is CCCCCC(F)C(F)(F)C(F)(F)C(F)(F)C(F)(F)C(F)(F)C(F)(F)C(F)(F)C(F)(F)C(F)(F)C(F)F. The van der Waals surface area contributed by atoms with Gasteiger partial charge in [0, 0.05) is 0 Å². The molecule has 0 heterocycles. The number of hydrogen-bond donors (Lipinski definition) is 0. The van der Waals surface area contributed by atoms with Crippen molar-refractivity contribution in [2.75, 3.05) is 0 Å². The third-order valence-corrected chi connectivity index (χ3v) is 4.93. The molecule has 0 fully saturated rings. The maximum atomic E-state index is 13.6. The van der Waals surface area contributed by atoms with Gasteiger partial charge in [-0.15, -0.1) is 0 Å². The third kappa shape index (κ3) is 4.77. The quantitative estimate of drug-likeness (QED) is 0.137. The second kappa shape index (κ2) is 9.93. The van der Waals surface area contributed by atoms with Crippen LogP contribution in [0, 0.1) is 0 Å². The van der Waals surface area contributed by atoms with Crippen LogP contribution in [0.15, 0.2) is 0 Å². The van der Waals surface area contributed by atoms with Crippen molar-refractivity contribution in [3.05, 3.63) is 0 Å². The van der Waals surface area contributed by atoms with Crippen LogP contribution >= 0.6 is 0 Å². The number of rotatable bonds is 14. The van der Waals surface area contributed by atoms with Crippen LogP contribution in [0.4, 0.5) is 92.2 Å². The molecule has 0 aromatic heterocycles. The molecule has 1 unspecified atom stereocenters. The van der Waals surface area contributed by atoms with Gasteiger partial charge in [0.25, 0.3) is 0 Å². The maximum Gasteiger partial charge on any atom is 0.385 e. The van der Waals surface area contributed by atoms with Gasteiger partial charge in [0.1, 0.15) is 0 Å². The average Bonchev–Trinajstić information content (AvgIpc) is 2.72. The van der Waals surface area contributed by atoms with Crippen molar-refractivity contribution >= 4 is 0 Å². The molecule has 0 aliphatic rings. The van der Waals surface area contributed by atoms with Crippen LogP contribution in [0.1, 0.15) is 32.6 Å². The van der Waals surface area contributed by atoms with E-state index in [-0.39, 0.29) is 12.8 Å². The minimum Gasteiger partial charge on any atom is -0.241 e. The Bertz CT molecular complexity index is 767. The summed E-state index contributed by atoms with van der Waals surface area (Å²) >= 11 is 0. The molecule has 0 saturated carbocycles. The minimum atomic E-state index is -9.08. The molecule has 0 bridgehead atoms. The molecular weight excluding hydrogens is 591 g/mol. The molecule has 0 spiro atoms. The highest BCUT2D eigenvalue weighted by atomic mass is 19.4. The van der Waals surface area contributed by atoms with Crippen molar-refractivity contribution in [2.24, 2.45) is 0 Å². The van der Waals surface area contributed by atoms with Crippen LogP contribution in [0.25, 0.3) is 0 Å². The number of alkyl halides is 21. The first-order valence-corrected chi connectivity index (χ1v) is 9.25. The van der Waals surface area contributed by atoms with Crippen LogP contribution in [-0.2, 0) is 0 Å². The molecule has 0 aliphatic carbocycles. The standard InChI is InChI=1S/C16H13F21/c1-2-3-4-5-6(17)8(20,21)10(24,25)12(28,29)14(32,33)16(36,37)15(34,35)13(30,31)11(26,27)9(22,23)7(18)19/h6-7H,2-5H2,1H3. The summed E-state index contributed by atoms with van der Waals surface area (Å²) in [6, 6.07) is 0. The highest BCUT2D eigenvalue weighted by Crippen LogP contribution is 2.65. The molecule has 224 valence electrons. The Morgan fingerprint density at radius 3 is 0.946 bits per heavy atom. The summed E-state index contributed by atoms with van der Waals surface area (Å²) < 4.78 is 278. The van der Waals surface area contributed by atoms with Gasteiger partial charge in [-0.2, -0.15) is 79.0 Å². The summed E-state index contributed by atoms with van der Waals surface area (Å²) in [5.74, 6) is -76.2. The first kappa shape index (κ1) is 35.5. The Labute approximate surface area is 192 Å². The zero-order valence-electron chi connectivity index (χ0n) is 17.4. The largest absolute Gasteiger partial charge is 0.385 e. The van der Waals surface area contributed by atoms with E-state index in [9.17, 15) is 92.2 Å². The topological polar surface area (TPSA) is 0 Å². The summed E-state index contributed by atoms with van der Waals surface area (Å²) in [6.07, 6.45) is -13.7. The molecule has 0 aromatic carbocycles. The van der Waals surface area contributed by atoms with Gasteiger partial charge >= 0.3 is 59.7 Å². The van der Waals surface area contributed by atoms with Gasteiger partial charge in [0.15, 0.2) is 6.17 Å². The first-order chi connectivity index (χ1) is 15.9. The Balaban J connectivity index is 6.85. The second-order valence-electron chi connectivity index (χ2n) is 7.53. The molecule has 0 aromatic rings. The summed E-state index contributed by atoms with van der Waals surface area (Å²) in [6.45, 7) is 1.29. The van der Waals surface area contributed by atoms with E-state index in [2.05, 4.69) is 0 Å². The molecule has 21 heteroatoms. The van der Waals surface area contributed by atoms with Crippen LogP contribution in [0.3, 0.4) is 0 Å². The zero-order chi connectivity index (χ0) is 30.5. The molecule has 37 heavy (non-hydrogen) atoms. The smallest absolute Gasteiger partial charge is 0.241 e. The zero-order valence-corrected chi connectivity index (χ0v) is 17.4. The van der Waals surface area contributed by atoms with Crippen molar-refractivity contribution in [3.8, 4) is 0 Å². The van der Waals surface area contributed by atoms with Crippen molar-refractivity contribution < 1.29 is 92.2 Å². The molecule has 1 atom stereocenters. The van der Waals surface area contributed by atoms with Crippen molar-refractivity contribution in [1.82, 2.24) is 0 Å². The molecule has 0 rings (SSSR count). The van der Waals surface area contributed by atoms with E-state index in [1.165, 1.54) is 6.92 Å². The van der Waals surface area contributed by atoms with E-state index in [4.69, 9.17) is 0 Å². The molecule has 0 aliphatic heterocycles. The predicted octanol–water partition coefficient (Wildman–Crippen LogP) is 8.89. The molecule has 0 radical (unpaired) electrons. The van der Waals surface area contributed by atoms with E-state index >= 15 is 0 Å². The fraction of sp³-hybridized carbons (Fsp3) is 1.00. The molecule has 0 nitrogen and oxygen atoms in total. The van der Waals surface area contributed by atoms with Crippen LogP contribution in [0.5, 0.6) is 0 Å². The van der Waals surface area contributed by atoms with Gasteiger partial charge in [-0.05, 0) is 6.42 Å². The Morgan fingerprint density at radius 1 is 0.405 bits per heavy atom. The normalized spacial score (nSPS) is 16.9. The third-order valence-electron chi connectivity index (χ3n) is 4.93. The van der Waals surface area contributed by atoms with Crippen molar-refractivity contribution in [1.29, 1.82) is 0 Å². The van der Waals surface area contributed by atoms with Crippen LogP contribution < -0.4 is 0 Å². The van der Waals surface area contributed by atoms with E-state index in [1.54, 1.807) is 0 Å². The summed E-state index contributed by atoms with van der Waals surface area (Å²) in [7, 11) is 0. The van der Waals surface area contributed by atoms with Gasteiger partial charge in [0.2, 0.25) is 0 Å². The van der Waals surface area contributed by atoms with Gasteiger partial charge in [-0.3, -0.25) is 0 Å². The van der Waals surface area contributed by atoms with Gasteiger partial charge in [-0.25, -0.2) is 13.2 Å². The van der Waals surface area contributed by atoms with Crippen LogP contribution in [0.2, 0.25) is 0 Å². The molecular formula is C16H13F21. The number of halogens is 21. The van der Waals surface area contributed by atoms with E-state index in [0.29, 0.717) is 0 Å². The van der Waals surface area contributed by atoms with Gasteiger partial charge in [-0.1, -0.05) is 26.2 Å². The lowest BCUT2D eigenvalue weighted by atomic mass is 9.85. The summed E-state index contributed by atoms with van der Waals surface area (Å²) in [5.41, 5.74) is 0. The highest BCUT2D eigenvalue weighted by Gasteiger charge is 2.97. The van der Waals surface area contributed by atoms with E-state index < -0.39 is 78.7 Å². The van der Waals surface area contributed by atoms with Crippen molar-refractivity contribution in [2.45, 2.75) is 98.5 Å². The van der Waals surface area contributed by atoms with Crippen LogP contribution in [-0.4, -0.2) is 65.9 Å². The predicted molar refractivity (Wildman–Crippen MR) is 79.6 cm³/mol.